The summed E-state index contributed by atoms with van der Waals surface area (Å²) in [4.78, 5) is 41.6. The number of hydrogen-bond acceptors (Lipinski definition) is 4. The molecule has 3 aliphatic heterocycles. The highest BCUT2D eigenvalue weighted by Crippen LogP contribution is 2.34. The lowest BCUT2D eigenvalue weighted by Gasteiger charge is -2.38. The highest BCUT2D eigenvalue weighted by Gasteiger charge is 2.43. The largest absolute Gasteiger partial charge is 0.467 e. The van der Waals surface area contributed by atoms with Crippen molar-refractivity contribution in [1.82, 2.24) is 15.1 Å². The van der Waals surface area contributed by atoms with Gasteiger partial charge in [0.2, 0.25) is 11.8 Å². The Labute approximate surface area is 171 Å². The van der Waals surface area contributed by atoms with Crippen molar-refractivity contribution in [3.8, 4) is 5.75 Å². The lowest BCUT2D eigenvalue weighted by atomic mass is 9.99. The van der Waals surface area contributed by atoms with Crippen LogP contribution in [0.1, 0.15) is 60.9 Å². The van der Waals surface area contributed by atoms with Crippen LogP contribution in [-0.2, 0) is 9.59 Å². The Hall–Kier alpha value is -2.57. The molecule has 7 nitrogen and oxygen atoms in total. The fourth-order valence-corrected chi connectivity index (χ4v) is 4.43. The van der Waals surface area contributed by atoms with Crippen molar-refractivity contribution in [2.75, 3.05) is 26.2 Å². The molecule has 0 aliphatic carbocycles. The van der Waals surface area contributed by atoms with Crippen molar-refractivity contribution < 1.29 is 19.1 Å². The Morgan fingerprint density at radius 1 is 1.10 bits per heavy atom. The molecule has 7 heteroatoms. The SMILES string of the molecule is Cc1ccc2c(c1)C(=O)N[C@]1(CCC(=O)N(CC(=O)N3CCCCCC3)CC1)O2. The molecule has 0 saturated carbocycles. The first-order chi connectivity index (χ1) is 14.0. The first-order valence-electron chi connectivity index (χ1n) is 10.6. The van der Waals surface area contributed by atoms with Gasteiger partial charge in [-0.3, -0.25) is 14.4 Å². The van der Waals surface area contributed by atoms with Crippen LogP contribution in [0.3, 0.4) is 0 Å². The number of carbonyl (C=O) groups excluding carboxylic acids is 3. The summed E-state index contributed by atoms with van der Waals surface area (Å²) in [5.41, 5.74) is 0.627. The molecule has 1 aromatic rings. The monoisotopic (exact) mass is 399 g/mol. The Kier molecular flexibility index (Phi) is 5.48. The maximum Gasteiger partial charge on any atom is 0.258 e. The minimum atomic E-state index is -0.893. The smallest absolute Gasteiger partial charge is 0.258 e. The number of hydrogen-bond donors (Lipinski definition) is 1. The summed E-state index contributed by atoms with van der Waals surface area (Å²) in [5.74, 6) is 0.348. The van der Waals surface area contributed by atoms with E-state index in [0.29, 0.717) is 30.7 Å². The maximum absolute atomic E-state index is 12.7. The highest BCUT2D eigenvalue weighted by molar-refractivity contribution is 5.98. The summed E-state index contributed by atoms with van der Waals surface area (Å²) in [5, 5.41) is 2.99. The molecule has 0 radical (unpaired) electrons. The fraction of sp³-hybridized carbons (Fsp3) is 0.591. The van der Waals surface area contributed by atoms with E-state index in [1.54, 1.807) is 4.90 Å². The molecule has 1 aromatic carbocycles. The van der Waals surface area contributed by atoms with Crippen molar-refractivity contribution in [1.29, 1.82) is 0 Å². The average molecular weight is 399 g/mol. The fourth-order valence-electron chi connectivity index (χ4n) is 4.43. The summed E-state index contributed by atoms with van der Waals surface area (Å²) in [7, 11) is 0. The van der Waals surface area contributed by atoms with Crippen LogP contribution in [0.15, 0.2) is 18.2 Å². The highest BCUT2D eigenvalue weighted by atomic mass is 16.5. The summed E-state index contributed by atoms with van der Waals surface area (Å²) in [6.07, 6.45) is 5.49. The number of amides is 3. The molecule has 2 saturated heterocycles. The number of aryl methyl sites for hydroxylation is 1. The van der Waals surface area contributed by atoms with Crippen LogP contribution in [0, 0.1) is 6.92 Å². The minimum absolute atomic E-state index is 0.0191. The number of carbonyl (C=O) groups is 3. The van der Waals surface area contributed by atoms with Crippen LogP contribution in [0.5, 0.6) is 5.75 Å². The second kappa shape index (κ2) is 8.05. The van der Waals surface area contributed by atoms with Gasteiger partial charge >= 0.3 is 0 Å². The second-order valence-electron chi connectivity index (χ2n) is 8.41. The van der Waals surface area contributed by atoms with E-state index < -0.39 is 5.72 Å². The van der Waals surface area contributed by atoms with E-state index in [1.807, 2.05) is 30.0 Å². The van der Waals surface area contributed by atoms with Crippen molar-refractivity contribution in [3.05, 3.63) is 29.3 Å². The zero-order valence-electron chi connectivity index (χ0n) is 17.0. The third-order valence-corrected chi connectivity index (χ3v) is 6.19. The van der Waals surface area contributed by atoms with Gasteiger partial charge in [0.15, 0.2) is 5.72 Å². The summed E-state index contributed by atoms with van der Waals surface area (Å²) in [6.45, 7) is 3.99. The predicted molar refractivity (Wildman–Crippen MR) is 107 cm³/mol. The first kappa shape index (κ1) is 19.7. The predicted octanol–water partition coefficient (Wildman–Crippen LogP) is 2.23. The van der Waals surface area contributed by atoms with Crippen LogP contribution in [-0.4, -0.2) is 59.4 Å². The molecule has 3 heterocycles. The van der Waals surface area contributed by atoms with E-state index in [0.717, 1.165) is 44.3 Å². The summed E-state index contributed by atoms with van der Waals surface area (Å²) >= 11 is 0. The van der Waals surface area contributed by atoms with Gasteiger partial charge in [-0.25, -0.2) is 0 Å². The third-order valence-electron chi connectivity index (χ3n) is 6.19. The first-order valence-corrected chi connectivity index (χ1v) is 10.6. The lowest BCUT2D eigenvalue weighted by molar-refractivity contribution is -0.140. The molecule has 2 fully saturated rings. The number of fused-ring (bicyclic) bond motifs is 1. The van der Waals surface area contributed by atoms with Crippen molar-refractivity contribution in [2.24, 2.45) is 0 Å². The van der Waals surface area contributed by atoms with Gasteiger partial charge in [-0.15, -0.1) is 0 Å². The summed E-state index contributed by atoms with van der Waals surface area (Å²) in [6, 6.07) is 5.54. The Morgan fingerprint density at radius 3 is 2.62 bits per heavy atom. The number of rotatable bonds is 2. The van der Waals surface area contributed by atoms with E-state index in [-0.39, 0.29) is 30.7 Å². The number of benzene rings is 1. The Bertz CT molecular complexity index is 816. The molecular formula is C22H29N3O4. The maximum atomic E-state index is 12.7. The molecule has 4 rings (SSSR count). The molecule has 29 heavy (non-hydrogen) atoms. The van der Waals surface area contributed by atoms with Gasteiger partial charge in [0.05, 0.1) is 12.1 Å². The lowest BCUT2D eigenvalue weighted by Crippen LogP contribution is -2.56. The van der Waals surface area contributed by atoms with Crippen LogP contribution in [0.2, 0.25) is 0 Å². The number of likely N-dealkylation sites (tertiary alicyclic amines) is 2. The van der Waals surface area contributed by atoms with E-state index >= 15 is 0 Å². The number of nitrogens with one attached hydrogen (secondary N) is 1. The molecule has 3 amide bonds. The Morgan fingerprint density at radius 2 is 1.86 bits per heavy atom. The molecular weight excluding hydrogens is 370 g/mol. The van der Waals surface area contributed by atoms with Crippen LogP contribution in [0.4, 0.5) is 0 Å². The molecule has 0 bridgehead atoms. The molecule has 1 spiro atoms. The quantitative estimate of drug-likeness (QED) is 0.827. The summed E-state index contributed by atoms with van der Waals surface area (Å²) < 4.78 is 6.19. The van der Waals surface area contributed by atoms with Crippen LogP contribution < -0.4 is 10.1 Å². The average Bonchev–Trinajstić information content (AvgIpc) is 3.05. The van der Waals surface area contributed by atoms with Gasteiger partial charge in [0, 0.05) is 38.9 Å². The molecule has 0 aromatic heterocycles. The topological polar surface area (TPSA) is 79.0 Å². The van der Waals surface area contributed by atoms with E-state index in [2.05, 4.69) is 5.32 Å². The standard InChI is InChI=1S/C22H29N3O4/c1-16-6-7-18-17(14-16)21(28)23-22(29-18)9-8-19(26)25(13-10-22)15-20(27)24-11-4-2-3-5-12-24/h6-7,14H,2-5,8-13,15H2,1H3,(H,23,28)/t22-/m1/s1. The van der Waals surface area contributed by atoms with Crippen molar-refractivity contribution in [3.63, 3.8) is 0 Å². The molecule has 0 unspecified atom stereocenters. The van der Waals surface area contributed by atoms with Crippen LogP contribution >= 0.6 is 0 Å². The zero-order chi connectivity index (χ0) is 20.4. The van der Waals surface area contributed by atoms with Crippen molar-refractivity contribution in [2.45, 2.75) is 57.6 Å². The van der Waals surface area contributed by atoms with Gasteiger partial charge in [0.25, 0.3) is 5.91 Å². The molecule has 1 atom stereocenters. The third kappa shape index (κ3) is 4.23. The van der Waals surface area contributed by atoms with Gasteiger partial charge < -0.3 is 19.9 Å². The molecule has 3 aliphatic rings. The molecule has 156 valence electrons. The van der Waals surface area contributed by atoms with Gasteiger partial charge in [-0.2, -0.15) is 0 Å². The number of nitrogens with zero attached hydrogens (tertiary/aromatic N) is 2. The zero-order valence-corrected chi connectivity index (χ0v) is 17.0. The minimum Gasteiger partial charge on any atom is -0.467 e. The van der Waals surface area contributed by atoms with Crippen molar-refractivity contribution >= 4 is 17.7 Å². The number of ether oxygens (including phenoxy) is 1. The Balaban J connectivity index is 1.44. The van der Waals surface area contributed by atoms with Gasteiger partial charge in [-0.05, 0) is 31.9 Å². The normalized spacial score (nSPS) is 25.0. The van der Waals surface area contributed by atoms with Gasteiger partial charge in [0.1, 0.15) is 5.75 Å². The van der Waals surface area contributed by atoms with E-state index in [1.165, 1.54) is 0 Å². The van der Waals surface area contributed by atoms with E-state index in [9.17, 15) is 14.4 Å². The van der Waals surface area contributed by atoms with E-state index in [4.69, 9.17) is 4.74 Å². The molecule has 1 N–H and O–H groups in total. The second-order valence-corrected chi connectivity index (χ2v) is 8.41. The van der Waals surface area contributed by atoms with Gasteiger partial charge in [-0.1, -0.05) is 24.5 Å². The van der Waals surface area contributed by atoms with Crippen LogP contribution in [0.25, 0.3) is 0 Å².